The number of fused-ring (bicyclic) bond motifs is 1. The number of hydrogen-bond donors (Lipinski definition) is 1. The van der Waals surface area contributed by atoms with Crippen LogP contribution in [0.3, 0.4) is 0 Å². The van der Waals surface area contributed by atoms with Crippen molar-refractivity contribution in [2.45, 2.75) is 63.8 Å². The minimum atomic E-state index is -1.04. The maximum Gasteiger partial charge on any atom is 0.411 e. The van der Waals surface area contributed by atoms with Gasteiger partial charge in [-0.25, -0.2) is 4.79 Å². The number of hydroxylamine groups is 2. The van der Waals surface area contributed by atoms with E-state index in [1.807, 2.05) is 0 Å². The zero-order valence-corrected chi connectivity index (χ0v) is 20.2. The van der Waals surface area contributed by atoms with E-state index in [2.05, 4.69) is 11.9 Å². The number of ether oxygens (including phenoxy) is 1. The van der Waals surface area contributed by atoms with Gasteiger partial charge in [-0.3, -0.25) is 28.9 Å². The summed E-state index contributed by atoms with van der Waals surface area (Å²) in [4.78, 5) is 70.8. The van der Waals surface area contributed by atoms with Crippen molar-refractivity contribution in [1.82, 2.24) is 15.3 Å². The largest absolute Gasteiger partial charge is 0.444 e. The molecular formula is C25H29N3O7. The van der Waals surface area contributed by atoms with Crippen LogP contribution >= 0.6 is 0 Å². The maximum absolute atomic E-state index is 13.3. The van der Waals surface area contributed by atoms with Crippen LogP contribution in [-0.2, 0) is 19.2 Å². The van der Waals surface area contributed by atoms with Gasteiger partial charge in [0.2, 0.25) is 5.91 Å². The molecule has 1 saturated heterocycles. The molecule has 4 rings (SSSR count). The van der Waals surface area contributed by atoms with Crippen LogP contribution in [0, 0.1) is 5.92 Å². The van der Waals surface area contributed by atoms with Gasteiger partial charge in [-0.2, -0.15) is 0 Å². The minimum absolute atomic E-state index is 0.00518. The van der Waals surface area contributed by atoms with Gasteiger partial charge in [-0.15, -0.1) is 11.6 Å². The van der Waals surface area contributed by atoms with E-state index in [4.69, 9.17) is 9.57 Å². The number of nitrogens with zero attached hydrogens (tertiary/aromatic N) is 2. The first kappa shape index (κ1) is 24.6. The molecule has 2 heterocycles. The highest BCUT2D eigenvalue weighted by atomic mass is 16.7. The predicted octanol–water partition coefficient (Wildman–Crippen LogP) is 2.24. The Balaban J connectivity index is 1.53. The molecule has 2 aliphatic heterocycles. The highest BCUT2D eigenvalue weighted by Crippen LogP contribution is 2.45. The van der Waals surface area contributed by atoms with Gasteiger partial charge in [0.25, 0.3) is 11.8 Å². The molecule has 0 spiro atoms. The van der Waals surface area contributed by atoms with E-state index in [1.54, 1.807) is 39.0 Å². The molecule has 10 heteroatoms. The number of carbonyl (C=O) groups is 5. The summed E-state index contributed by atoms with van der Waals surface area (Å²) in [7, 11) is 0. The highest BCUT2D eigenvalue weighted by Gasteiger charge is 2.59. The Morgan fingerprint density at radius 2 is 1.74 bits per heavy atom. The van der Waals surface area contributed by atoms with Crippen LogP contribution in [0.5, 0.6) is 0 Å². The normalized spacial score (nSPS) is 27.5. The number of carbonyl (C=O) groups excluding carboxylic acids is 5. The van der Waals surface area contributed by atoms with E-state index in [0.717, 1.165) is 0 Å². The lowest BCUT2D eigenvalue weighted by atomic mass is 10.1. The lowest BCUT2D eigenvalue weighted by molar-refractivity contribution is -0.132. The van der Waals surface area contributed by atoms with Gasteiger partial charge in [-0.1, -0.05) is 18.2 Å². The Morgan fingerprint density at radius 1 is 1.14 bits per heavy atom. The van der Waals surface area contributed by atoms with E-state index in [-0.39, 0.29) is 35.8 Å². The predicted molar refractivity (Wildman–Crippen MR) is 123 cm³/mol. The van der Waals surface area contributed by atoms with Crippen LogP contribution in [-0.4, -0.2) is 69.4 Å². The maximum atomic E-state index is 13.3. The summed E-state index contributed by atoms with van der Waals surface area (Å²) < 4.78 is 5.47. The van der Waals surface area contributed by atoms with Crippen molar-refractivity contribution in [3.8, 4) is 0 Å². The van der Waals surface area contributed by atoms with Crippen LogP contribution in [0.25, 0.3) is 0 Å². The van der Waals surface area contributed by atoms with Crippen LogP contribution < -0.4 is 5.32 Å². The molecule has 35 heavy (non-hydrogen) atoms. The van der Waals surface area contributed by atoms with E-state index in [0.29, 0.717) is 11.5 Å². The average molecular weight is 484 g/mol. The van der Waals surface area contributed by atoms with E-state index in [1.165, 1.54) is 24.0 Å². The molecule has 186 valence electrons. The van der Waals surface area contributed by atoms with Crippen molar-refractivity contribution in [1.29, 1.82) is 0 Å². The average Bonchev–Trinajstić information content (AvgIpc) is 3.25. The topological polar surface area (TPSA) is 122 Å². The summed E-state index contributed by atoms with van der Waals surface area (Å²) in [6.07, 6.45) is 0.495. The van der Waals surface area contributed by atoms with Crippen molar-refractivity contribution in [3.05, 3.63) is 48.0 Å². The summed E-state index contributed by atoms with van der Waals surface area (Å²) >= 11 is 0. The van der Waals surface area contributed by atoms with Crippen molar-refractivity contribution in [2.75, 3.05) is 6.54 Å². The number of ketones is 1. The van der Waals surface area contributed by atoms with Gasteiger partial charge in [-0.05, 0) is 46.2 Å². The minimum Gasteiger partial charge on any atom is -0.444 e. The third-order valence-electron chi connectivity index (χ3n) is 6.48. The first-order chi connectivity index (χ1) is 16.4. The standard InChI is InChI=1S/C25H29N3O7/c1-6-15-12-25(15,14(2)29)26-20(30)19-11-16(13-27(19)23(33)34-24(3,4)5)35-28-21(31)17-9-7-8-10-18(17)22(28)32/h6-10,15-16,19H,1,11-13H2,2-5H3,(H,26,30)/t15?,16-,19+,25+/m1/s1. The van der Waals surface area contributed by atoms with Crippen LogP contribution in [0.4, 0.5) is 4.79 Å². The van der Waals surface area contributed by atoms with Crippen molar-refractivity contribution < 1.29 is 33.5 Å². The molecule has 4 amide bonds. The summed E-state index contributed by atoms with van der Waals surface area (Å²) in [6, 6.07) is 5.33. The van der Waals surface area contributed by atoms with Gasteiger partial charge in [0.1, 0.15) is 23.3 Å². The van der Waals surface area contributed by atoms with Crippen molar-refractivity contribution in [2.24, 2.45) is 5.92 Å². The monoisotopic (exact) mass is 483 g/mol. The molecule has 1 N–H and O–H groups in total. The molecule has 0 bridgehead atoms. The number of nitrogens with one attached hydrogen (secondary N) is 1. The Morgan fingerprint density at radius 3 is 2.23 bits per heavy atom. The Labute approximate surface area is 203 Å². The van der Waals surface area contributed by atoms with Crippen molar-refractivity contribution in [3.63, 3.8) is 0 Å². The van der Waals surface area contributed by atoms with E-state index >= 15 is 0 Å². The van der Waals surface area contributed by atoms with Crippen LogP contribution in [0.1, 0.15) is 61.3 Å². The molecule has 1 unspecified atom stereocenters. The Kier molecular flexibility index (Phi) is 6.04. The number of hydrogen-bond acceptors (Lipinski definition) is 7. The van der Waals surface area contributed by atoms with E-state index in [9.17, 15) is 24.0 Å². The number of rotatable bonds is 6. The second kappa shape index (κ2) is 8.60. The van der Waals surface area contributed by atoms with E-state index < -0.39 is 47.1 Å². The Bertz CT molecular complexity index is 1090. The zero-order valence-electron chi connectivity index (χ0n) is 20.2. The molecule has 10 nitrogen and oxygen atoms in total. The Hall–Kier alpha value is -3.53. The van der Waals surface area contributed by atoms with Gasteiger partial charge in [0, 0.05) is 12.3 Å². The first-order valence-corrected chi connectivity index (χ1v) is 11.5. The summed E-state index contributed by atoms with van der Waals surface area (Å²) in [6.45, 7) is 10.1. The van der Waals surface area contributed by atoms with Gasteiger partial charge >= 0.3 is 6.09 Å². The number of amides is 4. The van der Waals surface area contributed by atoms with Crippen LogP contribution in [0.2, 0.25) is 0 Å². The van der Waals surface area contributed by atoms with Crippen molar-refractivity contribution >= 4 is 29.6 Å². The molecule has 3 aliphatic rings. The second-order valence-corrected chi connectivity index (χ2v) is 10.1. The smallest absolute Gasteiger partial charge is 0.411 e. The lowest BCUT2D eigenvalue weighted by Gasteiger charge is -2.29. The molecule has 0 aromatic heterocycles. The quantitative estimate of drug-likeness (QED) is 0.486. The van der Waals surface area contributed by atoms with Gasteiger partial charge in [0.15, 0.2) is 5.78 Å². The third kappa shape index (κ3) is 4.45. The molecule has 4 atom stereocenters. The number of benzene rings is 1. The molecule has 1 saturated carbocycles. The fourth-order valence-electron chi connectivity index (χ4n) is 4.57. The fourth-order valence-corrected chi connectivity index (χ4v) is 4.57. The third-order valence-corrected chi connectivity index (χ3v) is 6.48. The summed E-state index contributed by atoms with van der Waals surface area (Å²) in [5.74, 6) is -2.14. The number of likely N-dealkylation sites (tertiary alicyclic amines) is 1. The van der Waals surface area contributed by atoms with Crippen LogP contribution in [0.15, 0.2) is 36.9 Å². The van der Waals surface area contributed by atoms with Gasteiger partial charge < -0.3 is 10.1 Å². The second-order valence-electron chi connectivity index (χ2n) is 10.1. The first-order valence-electron chi connectivity index (χ1n) is 11.5. The number of imide groups is 1. The molecule has 2 fully saturated rings. The summed E-state index contributed by atoms with van der Waals surface area (Å²) in [5.41, 5.74) is -1.41. The zero-order chi connectivity index (χ0) is 25.7. The molecule has 1 aromatic rings. The lowest BCUT2D eigenvalue weighted by Crippen LogP contribution is -2.53. The highest BCUT2D eigenvalue weighted by molar-refractivity contribution is 6.20. The molecule has 0 radical (unpaired) electrons. The molecular weight excluding hydrogens is 454 g/mol. The van der Waals surface area contributed by atoms with Gasteiger partial charge in [0.05, 0.1) is 17.7 Å². The molecule has 1 aliphatic carbocycles. The molecule has 1 aromatic carbocycles. The fraction of sp³-hybridized carbons (Fsp3) is 0.480. The number of Topliss-reactive ketones (excluding diaryl/α,β-unsaturated/α-hetero) is 1. The SMILES string of the molecule is C=CC1C[C@]1(NC(=O)[C@@H]1C[C@@H](ON2C(=O)c3ccccc3C2=O)CN1C(=O)OC(C)(C)C)C(C)=O. The summed E-state index contributed by atoms with van der Waals surface area (Å²) in [5, 5.41) is 3.47.